The van der Waals surface area contributed by atoms with Gasteiger partial charge in [-0.1, -0.05) is 6.42 Å². The van der Waals surface area contributed by atoms with Crippen LogP contribution < -0.4 is 5.32 Å². The van der Waals surface area contributed by atoms with Gasteiger partial charge in [-0.2, -0.15) is 11.8 Å². The molecule has 0 aliphatic carbocycles. The number of carbonyl (C=O) groups excluding carboxylic acids is 1. The minimum atomic E-state index is -0.717. The third-order valence-corrected chi connectivity index (χ3v) is 5.66. The summed E-state index contributed by atoms with van der Waals surface area (Å²) in [5.41, 5.74) is 0.0883. The summed E-state index contributed by atoms with van der Waals surface area (Å²) in [6, 6.07) is 0.412. The summed E-state index contributed by atoms with van der Waals surface area (Å²) in [5.74, 6) is 0.289. The van der Waals surface area contributed by atoms with E-state index in [1.54, 1.807) is 0 Å². The first-order chi connectivity index (χ1) is 8.14. The fraction of sp³-hybridized carbons (Fsp3) is 0.818. The summed E-state index contributed by atoms with van der Waals surface area (Å²) in [5, 5.41) is 12.1. The average Bonchev–Trinajstić information content (AvgIpc) is 2.83. The highest BCUT2D eigenvalue weighted by Gasteiger charge is 2.71. The number of amides is 2. The normalized spacial score (nSPS) is 37.6. The van der Waals surface area contributed by atoms with Crippen molar-refractivity contribution in [3.05, 3.63) is 0 Å². The lowest BCUT2D eigenvalue weighted by molar-refractivity contribution is -0.137. The fourth-order valence-electron chi connectivity index (χ4n) is 3.11. The molecule has 0 aromatic carbocycles. The largest absolute Gasteiger partial charge is 0.481 e. The number of hydrogen-bond acceptors (Lipinski definition) is 3. The van der Waals surface area contributed by atoms with Crippen LogP contribution in [0.15, 0.2) is 0 Å². The number of unbranched alkanes of at least 4 members (excludes halogenated alkanes) is 1. The van der Waals surface area contributed by atoms with E-state index in [1.807, 2.05) is 16.7 Å². The van der Waals surface area contributed by atoms with Crippen LogP contribution in [0.3, 0.4) is 0 Å². The lowest BCUT2D eigenvalue weighted by Gasteiger charge is -2.17. The first-order valence-electron chi connectivity index (χ1n) is 6.06. The summed E-state index contributed by atoms with van der Waals surface area (Å²) < 4.78 is 0. The Morgan fingerprint density at radius 1 is 1.59 bits per heavy atom. The van der Waals surface area contributed by atoms with Gasteiger partial charge in [0.2, 0.25) is 0 Å². The van der Waals surface area contributed by atoms with Crippen LogP contribution in [-0.2, 0) is 4.79 Å². The lowest BCUT2D eigenvalue weighted by atomic mass is 9.94. The maximum atomic E-state index is 11.5. The maximum absolute atomic E-state index is 11.5. The highest BCUT2D eigenvalue weighted by atomic mass is 32.2. The SMILES string of the molecule is O=C(O)CCCCC1SCC2NC(=O)N3CC213. The van der Waals surface area contributed by atoms with Gasteiger partial charge in [-0.25, -0.2) is 4.79 Å². The number of urea groups is 1. The summed E-state index contributed by atoms with van der Waals surface area (Å²) in [6.07, 6.45) is 2.98. The molecule has 3 aliphatic heterocycles. The molecule has 2 N–H and O–H groups in total. The molecule has 0 aromatic heterocycles. The lowest BCUT2D eigenvalue weighted by Crippen LogP contribution is -2.39. The summed E-state index contributed by atoms with van der Waals surface area (Å²) in [4.78, 5) is 23.9. The van der Waals surface area contributed by atoms with Crippen LogP contribution in [0.5, 0.6) is 0 Å². The number of carbonyl (C=O) groups is 2. The van der Waals surface area contributed by atoms with E-state index >= 15 is 0 Å². The van der Waals surface area contributed by atoms with Gasteiger partial charge in [0.15, 0.2) is 0 Å². The van der Waals surface area contributed by atoms with Crippen molar-refractivity contribution in [3.8, 4) is 0 Å². The Hall–Kier alpha value is -0.910. The second-order valence-electron chi connectivity index (χ2n) is 5.04. The molecule has 5 nitrogen and oxygen atoms in total. The molecule has 0 aromatic rings. The second kappa shape index (κ2) is 3.80. The first-order valence-corrected chi connectivity index (χ1v) is 7.11. The van der Waals surface area contributed by atoms with E-state index in [1.165, 1.54) is 0 Å². The predicted molar refractivity (Wildman–Crippen MR) is 64.1 cm³/mol. The van der Waals surface area contributed by atoms with Gasteiger partial charge >= 0.3 is 12.0 Å². The first kappa shape index (κ1) is 11.2. The molecular formula is C11H16N2O3S. The molecule has 3 unspecified atom stereocenters. The van der Waals surface area contributed by atoms with Gasteiger partial charge in [0.05, 0.1) is 11.6 Å². The summed E-state index contributed by atoms with van der Waals surface area (Å²) in [6.45, 7) is 0.903. The minimum Gasteiger partial charge on any atom is -0.481 e. The van der Waals surface area contributed by atoms with Crippen LogP contribution in [0.1, 0.15) is 25.7 Å². The van der Waals surface area contributed by atoms with Crippen LogP contribution in [0.25, 0.3) is 0 Å². The Kier molecular flexibility index (Phi) is 2.50. The zero-order valence-electron chi connectivity index (χ0n) is 9.52. The van der Waals surface area contributed by atoms with Crippen molar-refractivity contribution in [1.29, 1.82) is 0 Å². The number of nitrogens with one attached hydrogen (secondary N) is 1. The molecule has 3 rings (SSSR count). The highest BCUT2D eigenvalue weighted by molar-refractivity contribution is 8.00. The molecule has 6 heteroatoms. The number of hydrogen-bond donors (Lipinski definition) is 2. The van der Waals surface area contributed by atoms with Crippen molar-refractivity contribution >= 4 is 23.8 Å². The van der Waals surface area contributed by atoms with Crippen LogP contribution in [0, 0.1) is 0 Å². The molecule has 17 heavy (non-hydrogen) atoms. The molecule has 2 amide bonds. The predicted octanol–water partition coefficient (Wildman–Crippen LogP) is 0.893. The Morgan fingerprint density at radius 2 is 2.41 bits per heavy atom. The Labute approximate surface area is 104 Å². The van der Waals surface area contributed by atoms with E-state index in [0.717, 1.165) is 31.6 Å². The Bertz CT molecular complexity index is 376. The molecule has 0 radical (unpaired) electrons. The van der Waals surface area contributed by atoms with Crippen molar-refractivity contribution in [2.45, 2.75) is 42.5 Å². The van der Waals surface area contributed by atoms with E-state index in [9.17, 15) is 9.59 Å². The van der Waals surface area contributed by atoms with Crippen LogP contribution in [0.4, 0.5) is 4.79 Å². The van der Waals surface area contributed by atoms with E-state index in [2.05, 4.69) is 5.32 Å². The number of aliphatic carboxylic acids is 1. The molecule has 3 saturated heterocycles. The number of nitrogens with zero attached hydrogens (tertiary/aromatic N) is 1. The monoisotopic (exact) mass is 256 g/mol. The van der Waals surface area contributed by atoms with Crippen molar-refractivity contribution < 1.29 is 14.7 Å². The summed E-state index contributed by atoms with van der Waals surface area (Å²) in [7, 11) is 0. The second-order valence-corrected chi connectivity index (χ2v) is 6.28. The third-order valence-electron chi connectivity index (χ3n) is 4.09. The van der Waals surface area contributed by atoms with Crippen LogP contribution in [0.2, 0.25) is 0 Å². The smallest absolute Gasteiger partial charge is 0.318 e. The van der Waals surface area contributed by atoms with E-state index in [4.69, 9.17) is 5.11 Å². The van der Waals surface area contributed by atoms with Gasteiger partial charge in [0, 0.05) is 24.0 Å². The Balaban J connectivity index is 1.52. The zero-order valence-corrected chi connectivity index (χ0v) is 10.3. The van der Waals surface area contributed by atoms with Gasteiger partial charge in [-0.15, -0.1) is 0 Å². The Morgan fingerprint density at radius 3 is 3.12 bits per heavy atom. The number of carboxylic acids is 1. The van der Waals surface area contributed by atoms with Crippen molar-refractivity contribution in [3.63, 3.8) is 0 Å². The summed E-state index contributed by atoms with van der Waals surface area (Å²) >= 11 is 1.93. The third kappa shape index (κ3) is 1.61. The van der Waals surface area contributed by atoms with E-state index in [-0.39, 0.29) is 18.0 Å². The highest BCUT2D eigenvalue weighted by Crippen LogP contribution is 2.54. The molecule has 94 valence electrons. The minimum absolute atomic E-state index is 0.0883. The average molecular weight is 256 g/mol. The molecule has 0 saturated carbocycles. The fourth-order valence-corrected chi connectivity index (χ4v) is 4.90. The maximum Gasteiger partial charge on any atom is 0.318 e. The molecule has 3 aliphatic rings. The van der Waals surface area contributed by atoms with Gasteiger partial charge in [0.25, 0.3) is 0 Å². The number of rotatable bonds is 5. The van der Waals surface area contributed by atoms with Crippen molar-refractivity contribution in [2.75, 3.05) is 12.3 Å². The van der Waals surface area contributed by atoms with E-state index < -0.39 is 5.97 Å². The molecule has 3 fully saturated rings. The number of thioether (sulfide) groups is 1. The van der Waals surface area contributed by atoms with Gasteiger partial charge in [0.1, 0.15) is 0 Å². The van der Waals surface area contributed by atoms with Crippen LogP contribution in [-0.4, -0.2) is 51.1 Å². The van der Waals surface area contributed by atoms with Gasteiger partial charge in [-0.05, 0) is 12.8 Å². The topological polar surface area (TPSA) is 69.4 Å². The molecule has 3 atom stereocenters. The van der Waals surface area contributed by atoms with E-state index in [0.29, 0.717) is 11.3 Å². The molecule has 1 spiro atoms. The van der Waals surface area contributed by atoms with Gasteiger partial charge < -0.3 is 15.3 Å². The molecule has 3 heterocycles. The molecule has 0 bridgehead atoms. The number of carboxylic acid groups (broad SMARTS) is 1. The standard InChI is InChI=1S/C11H16N2O3S/c14-9(15)4-2-1-3-8-11-6-13(11)10(16)12-7(11)5-17-8/h7-8H,1-6H2,(H,12,16)(H,14,15). The van der Waals surface area contributed by atoms with Crippen molar-refractivity contribution in [2.24, 2.45) is 0 Å². The van der Waals surface area contributed by atoms with Gasteiger partial charge in [-0.3, -0.25) is 4.79 Å². The van der Waals surface area contributed by atoms with Crippen molar-refractivity contribution in [1.82, 2.24) is 10.2 Å². The molecular weight excluding hydrogens is 240 g/mol. The quantitative estimate of drug-likeness (QED) is 0.435. The van der Waals surface area contributed by atoms with Crippen LogP contribution >= 0.6 is 11.8 Å². The zero-order chi connectivity index (χ0) is 12.0.